The average Bonchev–Trinajstić information content (AvgIpc) is 2.84. The van der Waals surface area contributed by atoms with Crippen molar-refractivity contribution in [3.8, 4) is 0 Å². The van der Waals surface area contributed by atoms with E-state index in [2.05, 4.69) is 10.2 Å². The number of carbonyl (C=O) groups excluding carboxylic acids is 1. The number of hydrogen-bond donors (Lipinski definition) is 0. The van der Waals surface area contributed by atoms with E-state index in [9.17, 15) is 4.79 Å². The first-order valence-electron chi connectivity index (χ1n) is 6.60. The van der Waals surface area contributed by atoms with Gasteiger partial charge in [-0.1, -0.05) is 41.0 Å². The highest BCUT2D eigenvalue weighted by molar-refractivity contribution is 8.15. The zero-order chi connectivity index (χ0) is 15.9. The number of rotatable bonds is 6. The van der Waals surface area contributed by atoms with Crippen LogP contribution >= 0.6 is 35.0 Å². The lowest BCUT2D eigenvalue weighted by Crippen LogP contribution is -2.31. The second kappa shape index (κ2) is 8.53. The molecular formula is C14H15Cl2N3O2S. The average molecular weight is 360 g/mol. The number of nitrogens with zero attached hydrogens (tertiary/aromatic N) is 3. The van der Waals surface area contributed by atoms with E-state index in [0.717, 1.165) is 12.0 Å². The molecule has 1 amide bonds. The molecule has 0 radical (unpaired) electrons. The van der Waals surface area contributed by atoms with Crippen molar-refractivity contribution in [2.45, 2.75) is 6.42 Å². The second-order valence-electron chi connectivity index (χ2n) is 4.48. The van der Waals surface area contributed by atoms with Crippen molar-refractivity contribution in [1.82, 2.24) is 4.90 Å². The van der Waals surface area contributed by atoms with Crippen molar-refractivity contribution in [3.05, 3.63) is 33.8 Å². The largest absolute Gasteiger partial charge is 0.385 e. The molecule has 5 nitrogen and oxygen atoms in total. The monoisotopic (exact) mass is 359 g/mol. The summed E-state index contributed by atoms with van der Waals surface area (Å²) in [5, 5.41) is 9.70. The van der Waals surface area contributed by atoms with Crippen LogP contribution in [-0.2, 0) is 9.53 Å². The van der Waals surface area contributed by atoms with Crippen LogP contribution in [0.25, 0.3) is 0 Å². The summed E-state index contributed by atoms with van der Waals surface area (Å²) in [5.41, 5.74) is 0.791. The molecule has 8 heteroatoms. The molecule has 0 spiro atoms. The molecule has 118 valence electrons. The fraction of sp³-hybridized carbons (Fsp3) is 0.357. The van der Waals surface area contributed by atoms with Gasteiger partial charge in [0.05, 0.1) is 22.0 Å². The van der Waals surface area contributed by atoms with E-state index in [0.29, 0.717) is 34.1 Å². The van der Waals surface area contributed by atoms with Gasteiger partial charge in [-0.3, -0.25) is 9.69 Å². The number of benzene rings is 1. The lowest BCUT2D eigenvalue weighted by molar-refractivity contribution is -0.124. The molecule has 1 heterocycles. The molecule has 0 N–H and O–H groups in total. The molecule has 0 unspecified atom stereocenters. The number of hydrogen-bond acceptors (Lipinski definition) is 5. The number of methoxy groups -OCH3 is 1. The molecular weight excluding hydrogens is 345 g/mol. The first kappa shape index (κ1) is 17.3. The van der Waals surface area contributed by atoms with Gasteiger partial charge in [0.2, 0.25) is 5.91 Å². The van der Waals surface area contributed by atoms with Crippen LogP contribution < -0.4 is 0 Å². The van der Waals surface area contributed by atoms with Crippen LogP contribution in [-0.4, -0.2) is 48.2 Å². The third-order valence-electron chi connectivity index (χ3n) is 2.88. The van der Waals surface area contributed by atoms with E-state index in [4.69, 9.17) is 27.9 Å². The van der Waals surface area contributed by atoms with Crippen LogP contribution in [0.1, 0.15) is 12.0 Å². The van der Waals surface area contributed by atoms with E-state index in [1.807, 2.05) is 0 Å². The van der Waals surface area contributed by atoms with Gasteiger partial charge < -0.3 is 4.74 Å². The summed E-state index contributed by atoms with van der Waals surface area (Å²) >= 11 is 13.2. The van der Waals surface area contributed by atoms with Gasteiger partial charge in [-0.2, -0.15) is 5.10 Å². The fourth-order valence-corrected chi connectivity index (χ4v) is 2.97. The summed E-state index contributed by atoms with van der Waals surface area (Å²) in [5.74, 6) is 0.443. The zero-order valence-electron chi connectivity index (χ0n) is 12.0. The standard InChI is InChI=1S/C14H15Cl2N3O2S/c1-21-6-2-5-19-13(20)9-22-14(19)18-17-8-10-3-4-11(15)12(16)7-10/h3-4,7-8H,2,5-6,9H2,1H3/b17-8-,18-14+. The Morgan fingerprint density at radius 2 is 2.23 bits per heavy atom. The van der Waals surface area contributed by atoms with Gasteiger partial charge in [0.1, 0.15) is 0 Å². The number of ether oxygens (including phenoxy) is 1. The second-order valence-corrected chi connectivity index (χ2v) is 6.24. The Hall–Kier alpha value is -1.08. The summed E-state index contributed by atoms with van der Waals surface area (Å²) in [6.45, 7) is 1.19. The smallest absolute Gasteiger partial charge is 0.239 e. The van der Waals surface area contributed by atoms with Crippen molar-refractivity contribution in [1.29, 1.82) is 0 Å². The maximum atomic E-state index is 11.8. The Kier molecular flexibility index (Phi) is 6.70. The SMILES string of the molecule is COCCCN1C(=O)CS/C1=N/N=C\c1ccc(Cl)c(Cl)c1. The number of thioether (sulfide) groups is 1. The van der Waals surface area contributed by atoms with E-state index >= 15 is 0 Å². The van der Waals surface area contributed by atoms with Gasteiger partial charge in [-0.05, 0) is 24.1 Å². The predicted molar refractivity (Wildman–Crippen MR) is 92.2 cm³/mol. The number of carbonyl (C=O) groups is 1. The topological polar surface area (TPSA) is 54.3 Å². The maximum Gasteiger partial charge on any atom is 0.239 e. The number of amides is 1. The van der Waals surface area contributed by atoms with E-state index < -0.39 is 0 Å². The first-order chi connectivity index (χ1) is 10.6. The lowest BCUT2D eigenvalue weighted by Gasteiger charge is -2.14. The Balaban J connectivity index is 2.02. The summed E-state index contributed by atoms with van der Waals surface area (Å²) in [7, 11) is 1.64. The third-order valence-corrected chi connectivity index (χ3v) is 4.57. The van der Waals surface area contributed by atoms with Crippen LogP contribution in [0.4, 0.5) is 0 Å². The molecule has 1 aromatic rings. The minimum absolute atomic E-state index is 0.0459. The molecule has 0 bridgehead atoms. The Labute approximate surface area is 143 Å². The summed E-state index contributed by atoms with van der Waals surface area (Å²) in [4.78, 5) is 13.4. The Morgan fingerprint density at radius 3 is 2.95 bits per heavy atom. The van der Waals surface area contributed by atoms with Gasteiger partial charge in [-0.15, -0.1) is 5.10 Å². The van der Waals surface area contributed by atoms with E-state index in [1.165, 1.54) is 11.8 Å². The minimum Gasteiger partial charge on any atom is -0.385 e. The van der Waals surface area contributed by atoms with Crippen molar-refractivity contribution >= 4 is 52.3 Å². The van der Waals surface area contributed by atoms with Crippen LogP contribution in [0.15, 0.2) is 28.4 Å². The number of amidine groups is 1. The molecule has 1 aliphatic heterocycles. The highest BCUT2D eigenvalue weighted by Gasteiger charge is 2.27. The Morgan fingerprint density at radius 1 is 1.41 bits per heavy atom. The predicted octanol–water partition coefficient (Wildman–Crippen LogP) is 3.30. The van der Waals surface area contributed by atoms with Crippen LogP contribution in [0.5, 0.6) is 0 Å². The van der Waals surface area contributed by atoms with Gasteiger partial charge in [-0.25, -0.2) is 0 Å². The normalized spacial score (nSPS) is 17.1. The highest BCUT2D eigenvalue weighted by atomic mass is 35.5. The van der Waals surface area contributed by atoms with Gasteiger partial charge in [0, 0.05) is 20.3 Å². The van der Waals surface area contributed by atoms with Gasteiger partial charge in [0.25, 0.3) is 0 Å². The molecule has 0 aromatic heterocycles. The molecule has 1 saturated heterocycles. The minimum atomic E-state index is 0.0459. The summed E-state index contributed by atoms with van der Waals surface area (Å²) in [6, 6.07) is 5.20. The molecule has 0 aliphatic carbocycles. The molecule has 0 atom stereocenters. The summed E-state index contributed by atoms with van der Waals surface area (Å²) < 4.78 is 4.99. The fourth-order valence-electron chi connectivity index (χ4n) is 1.80. The van der Waals surface area contributed by atoms with Crippen molar-refractivity contribution < 1.29 is 9.53 Å². The highest BCUT2D eigenvalue weighted by Crippen LogP contribution is 2.22. The first-order valence-corrected chi connectivity index (χ1v) is 8.34. The maximum absolute atomic E-state index is 11.8. The van der Waals surface area contributed by atoms with Crippen molar-refractivity contribution in [2.24, 2.45) is 10.2 Å². The van der Waals surface area contributed by atoms with Crippen molar-refractivity contribution in [2.75, 3.05) is 26.0 Å². The number of halogens is 2. The molecule has 1 aliphatic rings. The molecule has 1 fully saturated rings. The molecule has 22 heavy (non-hydrogen) atoms. The van der Waals surface area contributed by atoms with Gasteiger partial charge in [0.15, 0.2) is 5.17 Å². The van der Waals surface area contributed by atoms with Crippen molar-refractivity contribution in [3.63, 3.8) is 0 Å². The van der Waals surface area contributed by atoms with Crippen LogP contribution in [0, 0.1) is 0 Å². The molecule has 2 rings (SSSR count). The van der Waals surface area contributed by atoms with Crippen LogP contribution in [0.2, 0.25) is 10.0 Å². The van der Waals surface area contributed by atoms with E-state index in [-0.39, 0.29) is 5.91 Å². The third kappa shape index (κ3) is 4.71. The Bertz CT molecular complexity index is 608. The summed E-state index contributed by atoms with van der Waals surface area (Å²) in [6.07, 6.45) is 2.34. The van der Waals surface area contributed by atoms with Crippen LogP contribution in [0.3, 0.4) is 0 Å². The van der Waals surface area contributed by atoms with Gasteiger partial charge >= 0.3 is 0 Å². The van der Waals surface area contributed by atoms with E-state index in [1.54, 1.807) is 36.4 Å². The zero-order valence-corrected chi connectivity index (χ0v) is 14.3. The lowest BCUT2D eigenvalue weighted by atomic mass is 10.2. The molecule has 0 saturated carbocycles. The molecule has 1 aromatic carbocycles. The quantitative estimate of drug-likeness (QED) is 0.444.